The van der Waals surface area contributed by atoms with Crippen LogP contribution in [0.4, 0.5) is 4.39 Å². The second kappa shape index (κ2) is 4.90. The molecule has 1 saturated heterocycles. The number of benzene rings is 1. The van der Waals surface area contributed by atoms with Gasteiger partial charge in [-0.25, -0.2) is 4.39 Å². The molecule has 5 heteroatoms. The van der Waals surface area contributed by atoms with Gasteiger partial charge in [-0.15, -0.1) is 0 Å². The Morgan fingerprint density at radius 1 is 1.25 bits per heavy atom. The van der Waals surface area contributed by atoms with Crippen molar-refractivity contribution >= 4 is 16.8 Å². The summed E-state index contributed by atoms with van der Waals surface area (Å²) in [6, 6.07) is 4.78. The van der Waals surface area contributed by atoms with E-state index in [1.54, 1.807) is 12.1 Å². The Bertz CT molecular complexity index is 617. The molecular formula is C15H18FN3O. The predicted molar refractivity (Wildman–Crippen MR) is 76.4 cm³/mol. The highest BCUT2D eigenvalue weighted by Crippen LogP contribution is 2.23. The van der Waals surface area contributed by atoms with E-state index in [1.165, 1.54) is 6.07 Å². The van der Waals surface area contributed by atoms with Crippen molar-refractivity contribution in [2.45, 2.75) is 6.92 Å². The van der Waals surface area contributed by atoms with Crippen molar-refractivity contribution in [3.8, 4) is 0 Å². The summed E-state index contributed by atoms with van der Waals surface area (Å²) in [6.07, 6.45) is 0. The number of likely N-dealkylation sites (N-methyl/N-ethyl adjacent to an activating group) is 1. The van der Waals surface area contributed by atoms with E-state index in [0.717, 1.165) is 18.7 Å². The molecule has 0 aliphatic carbocycles. The lowest BCUT2D eigenvalue weighted by Crippen LogP contribution is -2.47. The smallest absolute Gasteiger partial charge is 0.270 e. The van der Waals surface area contributed by atoms with Crippen molar-refractivity contribution in [2.24, 2.45) is 0 Å². The van der Waals surface area contributed by atoms with E-state index in [4.69, 9.17) is 0 Å². The minimum atomic E-state index is -0.292. The van der Waals surface area contributed by atoms with Gasteiger partial charge in [0.15, 0.2) is 0 Å². The van der Waals surface area contributed by atoms with Gasteiger partial charge in [0.05, 0.1) is 5.52 Å². The number of carbonyl (C=O) groups is 1. The van der Waals surface area contributed by atoms with Crippen LogP contribution in [0.3, 0.4) is 0 Å². The van der Waals surface area contributed by atoms with Gasteiger partial charge in [-0.05, 0) is 31.7 Å². The molecule has 0 saturated carbocycles. The third kappa shape index (κ3) is 2.18. The first-order chi connectivity index (χ1) is 9.56. The summed E-state index contributed by atoms with van der Waals surface area (Å²) >= 11 is 0. The fourth-order valence-electron chi connectivity index (χ4n) is 2.62. The zero-order valence-electron chi connectivity index (χ0n) is 11.7. The van der Waals surface area contributed by atoms with Crippen molar-refractivity contribution in [1.29, 1.82) is 0 Å². The molecule has 4 nitrogen and oxygen atoms in total. The maximum Gasteiger partial charge on any atom is 0.270 e. The Hall–Kier alpha value is -1.88. The van der Waals surface area contributed by atoms with Gasteiger partial charge >= 0.3 is 0 Å². The molecule has 0 radical (unpaired) electrons. The molecule has 20 heavy (non-hydrogen) atoms. The van der Waals surface area contributed by atoms with Gasteiger partial charge in [0.2, 0.25) is 0 Å². The van der Waals surface area contributed by atoms with E-state index in [0.29, 0.717) is 29.7 Å². The van der Waals surface area contributed by atoms with Crippen molar-refractivity contribution in [1.82, 2.24) is 14.8 Å². The Morgan fingerprint density at radius 3 is 2.60 bits per heavy atom. The van der Waals surface area contributed by atoms with Gasteiger partial charge in [0, 0.05) is 31.6 Å². The number of halogens is 1. The summed E-state index contributed by atoms with van der Waals surface area (Å²) in [4.78, 5) is 19.5. The third-order valence-corrected chi connectivity index (χ3v) is 3.97. The minimum absolute atomic E-state index is 0.0481. The number of carbonyl (C=O) groups excluding carboxylic acids is 1. The molecule has 1 N–H and O–H groups in total. The minimum Gasteiger partial charge on any atom is -0.350 e. The number of aromatic amines is 1. The van der Waals surface area contributed by atoms with Crippen LogP contribution in [0, 0.1) is 12.7 Å². The first-order valence-electron chi connectivity index (χ1n) is 6.82. The number of aryl methyl sites for hydroxylation is 1. The Labute approximate surface area is 117 Å². The summed E-state index contributed by atoms with van der Waals surface area (Å²) in [5.74, 6) is -0.340. The molecular weight excluding hydrogens is 257 g/mol. The molecule has 1 aromatic carbocycles. The molecule has 2 heterocycles. The molecule has 1 aliphatic heterocycles. The number of nitrogens with one attached hydrogen (secondary N) is 1. The molecule has 0 atom stereocenters. The van der Waals surface area contributed by atoms with Crippen molar-refractivity contribution in [2.75, 3.05) is 33.2 Å². The topological polar surface area (TPSA) is 39.3 Å². The summed E-state index contributed by atoms with van der Waals surface area (Å²) in [5, 5.41) is 0.488. The first kappa shape index (κ1) is 13.1. The first-order valence-corrected chi connectivity index (χ1v) is 6.82. The quantitative estimate of drug-likeness (QED) is 0.864. The van der Waals surface area contributed by atoms with Crippen LogP contribution >= 0.6 is 0 Å². The van der Waals surface area contributed by atoms with Crippen molar-refractivity contribution in [3.63, 3.8) is 0 Å². The lowest BCUT2D eigenvalue weighted by Gasteiger charge is -2.32. The molecule has 2 aromatic rings. The molecule has 1 aromatic heterocycles. The lowest BCUT2D eigenvalue weighted by atomic mass is 10.1. The number of aromatic nitrogens is 1. The normalized spacial score (nSPS) is 16.9. The molecule has 1 aliphatic rings. The highest BCUT2D eigenvalue weighted by Gasteiger charge is 2.22. The van der Waals surface area contributed by atoms with Crippen LogP contribution in [-0.2, 0) is 0 Å². The van der Waals surface area contributed by atoms with Crippen LogP contribution in [-0.4, -0.2) is 53.9 Å². The average Bonchev–Trinajstić information content (AvgIpc) is 2.89. The SMILES string of the molecule is Cc1ccc(F)c2cc(C(=O)N3CCN(C)CC3)[nH]c12. The number of H-pyrrole nitrogens is 1. The second-order valence-electron chi connectivity index (χ2n) is 5.43. The van der Waals surface area contributed by atoms with E-state index in [9.17, 15) is 9.18 Å². The molecule has 1 fully saturated rings. The number of piperazine rings is 1. The van der Waals surface area contributed by atoms with Crippen LogP contribution < -0.4 is 0 Å². The Morgan fingerprint density at radius 2 is 1.95 bits per heavy atom. The Balaban J connectivity index is 1.92. The van der Waals surface area contributed by atoms with Crippen LogP contribution in [0.25, 0.3) is 10.9 Å². The predicted octanol–water partition coefficient (Wildman–Crippen LogP) is 2.00. The molecule has 1 amide bonds. The van der Waals surface area contributed by atoms with Gasteiger partial charge in [0.25, 0.3) is 5.91 Å². The average molecular weight is 275 g/mol. The second-order valence-corrected chi connectivity index (χ2v) is 5.43. The number of fused-ring (bicyclic) bond motifs is 1. The van der Waals surface area contributed by atoms with E-state index in [1.807, 2.05) is 18.9 Å². The Kier molecular flexibility index (Phi) is 3.22. The maximum atomic E-state index is 13.8. The fraction of sp³-hybridized carbons (Fsp3) is 0.400. The summed E-state index contributed by atoms with van der Waals surface area (Å²) < 4.78 is 13.8. The lowest BCUT2D eigenvalue weighted by molar-refractivity contribution is 0.0659. The third-order valence-electron chi connectivity index (χ3n) is 3.97. The van der Waals surface area contributed by atoms with Crippen LogP contribution in [0.2, 0.25) is 0 Å². The number of hydrogen-bond donors (Lipinski definition) is 1. The molecule has 0 bridgehead atoms. The summed E-state index contributed by atoms with van der Waals surface area (Å²) in [6.45, 7) is 5.08. The van der Waals surface area contributed by atoms with Gasteiger partial charge in [0.1, 0.15) is 11.5 Å². The molecule has 3 rings (SSSR count). The van der Waals surface area contributed by atoms with E-state index >= 15 is 0 Å². The largest absolute Gasteiger partial charge is 0.350 e. The van der Waals surface area contributed by atoms with Gasteiger partial charge in [-0.1, -0.05) is 6.07 Å². The number of rotatable bonds is 1. The number of nitrogens with zero attached hydrogens (tertiary/aromatic N) is 2. The van der Waals surface area contributed by atoms with Crippen LogP contribution in [0.5, 0.6) is 0 Å². The number of hydrogen-bond acceptors (Lipinski definition) is 2. The summed E-state index contributed by atoms with van der Waals surface area (Å²) in [5.41, 5.74) is 2.12. The summed E-state index contributed by atoms with van der Waals surface area (Å²) in [7, 11) is 2.05. The zero-order valence-corrected chi connectivity index (χ0v) is 11.7. The number of amides is 1. The molecule has 106 valence electrons. The van der Waals surface area contributed by atoms with E-state index in [-0.39, 0.29) is 11.7 Å². The van der Waals surface area contributed by atoms with Crippen molar-refractivity contribution in [3.05, 3.63) is 35.3 Å². The van der Waals surface area contributed by atoms with Gasteiger partial charge in [-0.3, -0.25) is 4.79 Å². The monoisotopic (exact) mass is 275 g/mol. The highest BCUT2D eigenvalue weighted by molar-refractivity contribution is 5.98. The van der Waals surface area contributed by atoms with Gasteiger partial charge in [-0.2, -0.15) is 0 Å². The van der Waals surface area contributed by atoms with Gasteiger partial charge < -0.3 is 14.8 Å². The van der Waals surface area contributed by atoms with E-state index < -0.39 is 0 Å². The fourth-order valence-corrected chi connectivity index (χ4v) is 2.62. The molecule has 0 spiro atoms. The van der Waals surface area contributed by atoms with E-state index in [2.05, 4.69) is 9.88 Å². The van der Waals surface area contributed by atoms with Crippen molar-refractivity contribution < 1.29 is 9.18 Å². The zero-order chi connectivity index (χ0) is 14.3. The standard InChI is InChI=1S/C15H18FN3O/c1-10-3-4-12(16)11-9-13(17-14(10)11)15(20)19-7-5-18(2)6-8-19/h3-4,9,17H,5-8H2,1-2H3. The highest BCUT2D eigenvalue weighted by atomic mass is 19.1. The maximum absolute atomic E-state index is 13.8. The molecule has 0 unspecified atom stereocenters. The van der Waals surface area contributed by atoms with Crippen LogP contribution in [0.15, 0.2) is 18.2 Å². The van der Waals surface area contributed by atoms with Crippen LogP contribution in [0.1, 0.15) is 16.1 Å².